The van der Waals surface area contributed by atoms with Crippen LogP contribution in [0, 0.1) is 12.8 Å². The first-order valence-electron chi connectivity index (χ1n) is 8.20. The highest BCUT2D eigenvalue weighted by atomic mass is 32.1. The van der Waals surface area contributed by atoms with Gasteiger partial charge < -0.3 is 10.6 Å². The van der Waals surface area contributed by atoms with Crippen molar-refractivity contribution in [3.05, 3.63) is 15.6 Å². The summed E-state index contributed by atoms with van der Waals surface area (Å²) < 4.78 is 0. The third kappa shape index (κ3) is 3.64. The Bertz CT molecular complexity index is 488. The van der Waals surface area contributed by atoms with Crippen LogP contribution in [0.5, 0.6) is 0 Å². The number of nitrogens with zero attached hydrogens (tertiary/aromatic N) is 1. The lowest BCUT2D eigenvalue weighted by Crippen LogP contribution is -2.26. The summed E-state index contributed by atoms with van der Waals surface area (Å²) in [5.74, 6) is 1.39. The summed E-state index contributed by atoms with van der Waals surface area (Å²) in [6.07, 6.45) is 7.40. The van der Waals surface area contributed by atoms with Gasteiger partial charge in [0.05, 0.1) is 10.7 Å². The molecule has 1 amide bonds. The van der Waals surface area contributed by atoms with Gasteiger partial charge in [0.15, 0.2) is 0 Å². The van der Waals surface area contributed by atoms with E-state index in [2.05, 4.69) is 15.6 Å². The first-order chi connectivity index (χ1) is 10.2. The van der Waals surface area contributed by atoms with Crippen LogP contribution in [0.3, 0.4) is 0 Å². The summed E-state index contributed by atoms with van der Waals surface area (Å²) in [7, 11) is 0. The van der Waals surface area contributed by atoms with Gasteiger partial charge >= 0.3 is 0 Å². The summed E-state index contributed by atoms with van der Waals surface area (Å²) in [4.78, 5) is 17.8. The number of carbonyl (C=O) groups is 1. The van der Waals surface area contributed by atoms with Gasteiger partial charge in [0.2, 0.25) is 0 Å². The fraction of sp³-hybridized carbons (Fsp3) is 0.750. The maximum Gasteiger partial charge on any atom is 0.263 e. The minimum atomic E-state index is 0.0696. The van der Waals surface area contributed by atoms with Gasteiger partial charge in [-0.15, -0.1) is 11.3 Å². The molecule has 3 rings (SSSR count). The van der Waals surface area contributed by atoms with Crippen molar-refractivity contribution >= 4 is 17.2 Å². The Morgan fingerprint density at radius 1 is 1.38 bits per heavy atom. The lowest BCUT2D eigenvalue weighted by molar-refractivity contribution is 0.0955. The molecule has 2 fully saturated rings. The second kappa shape index (κ2) is 6.88. The molecule has 1 saturated carbocycles. The van der Waals surface area contributed by atoms with Crippen LogP contribution in [0.15, 0.2) is 0 Å². The number of thiazole rings is 1. The van der Waals surface area contributed by atoms with Crippen LogP contribution in [0.25, 0.3) is 0 Å². The lowest BCUT2D eigenvalue weighted by atomic mass is 10.1. The van der Waals surface area contributed by atoms with Crippen LogP contribution in [-0.4, -0.2) is 30.5 Å². The zero-order chi connectivity index (χ0) is 14.7. The van der Waals surface area contributed by atoms with E-state index in [0.29, 0.717) is 5.92 Å². The molecular weight excluding hydrogens is 282 g/mol. The molecule has 116 valence electrons. The monoisotopic (exact) mass is 307 g/mol. The second-order valence-corrected chi connectivity index (χ2v) is 7.38. The first kappa shape index (κ1) is 15.0. The molecule has 1 atom stereocenters. The molecule has 2 N–H and O–H groups in total. The van der Waals surface area contributed by atoms with E-state index in [1.165, 1.54) is 37.1 Å². The van der Waals surface area contributed by atoms with Gasteiger partial charge in [-0.1, -0.05) is 12.8 Å². The van der Waals surface area contributed by atoms with Crippen LogP contribution >= 0.6 is 11.3 Å². The van der Waals surface area contributed by atoms with Gasteiger partial charge in [-0.3, -0.25) is 4.79 Å². The van der Waals surface area contributed by atoms with Gasteiger partial charge in [0.25, 0.3) is 5.91 Å². The van der Waals surface area contributed by atoms with E-state index in [4.69, 9.17) is 0 Å². The Morgan fingerprint density at radius 3 is 2.90 bits per heavy atom. The predicted octanol–water partition coefficient (Wildman–Crippen LogP) is 2.84. The van der Waals surface area contributed by atoms with E-state index in [1.807, 2.05) is 6.92 Å². The second-order valence-electron chi connectivity index (χ2n) is 6.35. The third-order valence-corrected chi connectivity index (χ3v) is 6.04. The van der Waals surface area contributed by atoms with E-state index in [9.17, 15) is 4.79 Å². The molecule has 1 aliphatic carbocycles. The number of hydrogen-bond donors (Lipinski definition) is 2. The summed E-state index contributed by atoms with van der Waals surface area (Å²) in [6.45, 7) is 4.96. The van der Waals surface area contributed by atoms with Crippen LogP contribution in [0.2, 0.25) is 0 Å². The third-order valence-electron chi connectivity index (χ3n) is 4.72. The van der Waals surface area contributed by atoms with Crippen LogP contribution in [0.4, 0.5) is 0 Å². The smallest absolute Gasteiger partial charge is 0.263 e. The van der Waals surface area contributed by atoms with E-state index in [1.54, 1.807) is 11.3 Å². The highest BCUT2D eigenvalue weighted by Gasteiger charge is 2.23. The molecular formula is C16H25N3OS. The predicted molar refractivity (Wildman–Crippen MR) is 86.0 cm³/mol. The molecule has 1 aromatic heterocycles. The molecule has 0 spiro atoms. The van der Waals surface area contributed by atoms with E-state index in [0.717, 1.165) is 42.5 Å². The van der Waals surface area contributed by atoms with Crippen molar-refractivity contribution in [3.63, 3.8) is 0 Å². The number of amides is 1. The highest BCUT2D eigenvalue weighted by Crippen LogP contribution is 2.37. The molecule has 1 saturated heterocycles. The molecule has 1 aliphatic heterocycles. The van der Waals surface area contributed by atoms with Crippen molar-refractivity contribution in [2.75, 3.05) is 19.6 Å². The quantitative estimate of drug-likeness (QED) is 0.879. The van der Waals surface area contributed by atoms with E-state index in [-0.39, 0.29) is 5.91 Å². The molecule has 2 heterocycles. The van der Waals surface area contributed by atoms with Gasteiger partial charge in [-0.2, -0.15) is 0 Å². The molecule has 0 radical (unpaired) electrons. The number of rotatable bonds is 5. The Balaban J connectivity index is 1.53. The fourth-order valence-corrected chi connectivity index (χ4v) is 4.56. The zero-order valence-electron chi connectivity index (χ0n) is 12.8. The molecule has 1 unspecified atom stereocenters. The number of hydrogen-bond acceptors (Lipinski definition) is 4. The minimum absolute atomic E-state index is 0.0696. The first-order valence-corrected chi connectivity index (χ1v) is 9.02. The lowest BCUT2D eigenvalue weighted by Gasteiger charge is -2.08. The number of carbonyl (C=O) groups excluding carboxylic acids is 1. The average molecular weight is 307 g/mol. The Hall–Kier alpha value is -0.940. The summed E-state index contributed by atoms with van der Waals surface area (Å²) in [6, 6.07) is 0. The topological polar surface area (TPSA) is 54.0 Å². The SMILES string of the molecule is Cc1nc(C2CCCC2)sc1C(=O)NCCC1CCNC1. The molecule has 1 aromatic rings. The van der Waals surface area contributed by atoms with E-state index >= 15 is 0 Å². The van der Waals surface area contributed by atoms with Gasteiger partial charge in [-0.05, 0) is 51.6 Å². The minimum Gasteiger partial charge on any atom is -0.351 e. The maximum atomic E-state index is 12.3. The van der Waals surface area contributed by atoms with Crippen molar-refractivity contribution in [2.45, 2.75) is 51.4 Å². The maximum absolute atomic E-state index is 12.3. The van der Waals surface area contributed by atoms with Gasteiger partial charge in [-0.25, -0.2) is 4.98 Å². The zero-order valence-corrected chi connectivity index (χ0v) is 13.6. The van der Waals surface area contributed by atoms with Crippen molar-refractivity contribution in [1.29, 1.82) is 0 Å². The molecule has 0 aromatic carbocycles. The van der Waals surface area contributed by atoms with Gasteiger partial charge in [0, 0.05) is 12.5 Å². The number of aryl methyl sites for hydroxylation is 1. The summed E-state index contributed by atoms with van der Waals surface area (Å²) >= 11 is 1.61. The molecule has 0 bridgehead atoms. The molecule has 21 heavy (non-hydrogen) atoms. The van der Waals surface area contributed by atoms with Gasteiger partial charge in [0.1, 0.15) is 4.88 Å². The number of aromatic nitrogens is 1. The highest BCUT2D eigenvalue weighted by molar-refractivity contribution is 7.13. The van der Waals surface area contributed by atoms with Crippen molar-refractivity contribution in [3.8, 4) is 0 Å². The van der Waals surface area contributed by atoms with Crippen molar-refractivity contribution < 1.29 is 4.79 Å². The largest absolute Gasteiger partial charge is 0.351 e. The number of nitrogens with one attached hydrogen (secondary N) is 2. The fourth-order valence-electron chi connectivity index (χ4n) is 3.41. The van der Waals surface area contributed by atoms with Crippen LogP contribution < -0.4 is 10.6 Å². The molecule has 5 heteroatoms. The summed E-state index contributed by atoms with van der Waals surface area (Å²) in [5, 5.41) is 7.62. The van der Waals surface area contributed by atoms with E-state index < -0.39 is 0 Å². The summed E-state index contributed by atoms with van der Waals surface area (Å²) in [5.41, 5.74) is 0.905. The normalized spacial score (nSPS) is 22.8. The average Bonchev–Trinajstić information content (AvgIpc) is 3.19. The van der Waals surface area contributed by atoms with Crippen molar-refractivity contribution in [2.24, 2.45) is 5.92 Å². The van der Waals surface area contributed by atoms with Crippen molar-refractivity contribution in [1.82, 2.24) is 15.6 Å². The van der Waals surface area contributed by atoms with Crippen LogP contribution in [0.1, 0.15) is 64.8 Å². The molecule has 2 aliphatic rings. The van der Waals surface area contributed by atoms with Crippen LogP contribution in [-0.2, 0) is 0 Å². The standard InChI is InChI=1S/C16H25N3OS/c1-11-14(21-16(19-11)13-4-2-3-5-13)15(20)18-9-7-12-6-8-17-10-12/h12-13,17H,2-10H2,1H3,(H,18,20). The Morgan fingerprint density at radius 2 is 2.19 bits per heavy atom. The Kier molecular flexibility index (Phi) is 4.91. The molecule has 4 nitrogen and oxygen atoms in total. The Labute approximate surface area is 130 Å².